The molecule has 0 aromatic heterocycles. The molecule has 1 aromatic carbocycles. The van der Waals surface area contributed by atoms with Gasteiger partial charge in [-0.1, -0.05) is 39.0 Å². The molecule has 0 amide bonds. The molecule has 0 saturated heterocycles. The van der Waals surface area contributed by atoms with E-state index in [1.807, 2.05) is 30.3 Å². The van der Waals surface area contributed by atoms with E-state index in [2.05, 4.69) is 36.5 Å². The van der Waals surface area contributed by atoms with Gasteiger partial charge in [-0.05, 0) is 24.0 Å². The van der Waals surface area contributed by atoms with Gasteiger partial charge in [0.1, 0.15) is 0 Å². The lowest BCUT2D eigenvalue weighted by molar-refractivity contribution is 0.365. The maximum absolute atomic E-state index is 5.45. The van der Waals surface area contributed by atoms with Crippen molar-refractivity contribution in [1.29, 1.82) is 0 Å². The maximum atomic E-state index is 5.45. The third-order valence-corrected chi connectivity index (χ3v) is 2.80. The number of rotatable bonds is 4. The SMILES string of the molecule is CCC(C)(C)CN=C(NN)Nc1ccccc1. The van der Waals surface area contributed by atoms with Crippen LogP contribution >= 0.6 is 0 Å². The van der Waals surface area contributed by atoms with E-state index in [0.717, 1.165) is 18.7 Å². The maximum Gasteiger partial charge on any atom is 0.210 e. The Bertz CT molecular complexity index is 357. The molecule has 0 saturated carbocycles. The summed E-state index contributed by atoms with van der Waals surface area (Å²) in [5.41, 5.74) is 3.75. The minimum Gasteiger partial charge on any atom is -0.325 e. The van der Waals surface area contributed by atoms with Gasteiger partial charge < -0.3 is 5.32 Å². The molecule has 0 aliphatic carbocycles. The number of hydrazine groups is 1. The number of hydrogen-bond acceptors (Lipinski definition) is 2. The van der Waals surface area contributed by atoms with E-state index in [9.17, 15) is 0 Å². The van der Waals surface area contributed by atoms with Gasteiger partial charge in [-0.25, -0.2) is 5.84 Å². The van der Waals surface area contributed by atoms with Crippen LogP contribution in [0.5, 0.6) is 0 Å². The zero-order valence-corrected chi connectivity index (χ0v) is 10.8. The van der Waals surface area contributed by atoms with Gasteiger partial charge in [-0.3, -0.25) is 10.4 Å². The average molecular weight is 234 g/mol. The standard InChI is InChI=1S/C13H22N4/c1-4-13(2,3)10-15-12(17-14)16-11-8-6-5-7-9-11/h5-9H,4,10,14H2,1-3H3,(H2,15,16,17). The fourth-order valence-corrected chi connectivity index (χ4v) is 1.18. The Hall–Kier alpha value is -1.55. The molecule has 1 aromatic rings. The number of nitrogens with two attached hydrogens (primary N) is 1. The van der Waals surface area contributed by atoms with E-state index in [1.54, 1.807) is 0 Å². The second-order valence-electron chi connectivity index (χ2n) is 4.82. The lowest BCUT2D eigenvalue weighted by Crippen LogP contribution is -2.37. The van der Waals surface area contributed by atoms with Crippen LogP contribution in [0.3, 0.4) is 0 Å². The largest absolute Gasteiger partial charge is 0.325 e. The third kappa shape index (κ3) is 4.87. The summed E-state index contributed by atoms with van der Waals surface area (Å²) < 4.78 is 0. The fraction of sp³-hybridized carbons (Fsp3) is 0.462. The highest BCUT2D eigenvalue weighted by Crippen LogP contribution is 2.19. The van der Waals surface area contributed by atoms with Gasteiger partial charge in [0.15, 0.2) is 0 Å². The van der Waals surface area contributed by atoms with Gasteiger partial charge in [0, 0.05) is 12.2 Å². The van der Waals surface area contributed by atoms with Crippen molar-refractivity contribution in [2.75, 3.05) is 11.9 Å². The molecule has 0 heterocycles. The highest BCUT2D eigenvalue weighted by atomic mass is 15.3. The van der Waals surface area contributed by atoms with Crippen molar-refractivity contribution < 1.29 is 0 Å². The molecule has 4 N–H and O–H groups in total. The minimum atomic E-state index is 0.195. The van der Waals surface area contributed by atoms with E-state index >= 15 is 0 Å². The molecule has 4 heteroatoms. The molecular formula is C13H22N4. The molecule has 1 rings (SSSR count). The van der Waals surface area contributed by atoms with Crippen LogP contribution in [-0.4, -0.2) is 12.5 Å². The first-order valence-electron chi connectivity index (χ1n) is 5.90. The molecule has 0 radical (unpaired) electrons. The number of nitrogens with one attached hydrogen (secondary N) is 2. The number of guanidine groups is 1. The van der Waals surface area contributed by atoms with Crippen molar-refractivity contribution in [3.05, 3.63) is 30.3 Å². The van der Waals surface area contributed by atoms with Gasteiger partial charge in [-0.2, -0.15) is 0 Å². The number of nitrogens with zero attached hydrogens (tertiary/aromatic N) is 1. The van der Waals surface area contributed by atoms with Gasteiger partial charge in [0.2, 0.25) is 5.96 Å². The van der Waals surface area contributed by atoms with Gasteiger partial charge in [-0.15, -0.1) is 0 Å². The van der Waals surface area contributed by atoms with Crippen LogP contribution in [-0.2, 0) is 0 Å². The first-order chi connectivity index (χ1) is 8.07. The van der Waals surface area contributed by atoms with Crippen molar-refractivity contribution in [2.45, 2.75) is 27.2 Å². The molecule has 94 valence electrons. The number of para-hydroxylation sites is 1. The monoisotopic (exact) mass is 234 g/mol. The summed E-state index contributed by atoms with van der Waals surface area (Å²) in [6.07, 6.45) is 1.08. The van der Waals surface area contributed by atoms with Crippen LogP contribution in [0.25, 0.3) is 0 Å². The highest BCUT2D eigenvalue weighted by Gasteiger charge is 2.14. The van der Waals surface area contributed by atoms with E-state index in [0.29, 0.717) is 5.96 Å². The Morgan fingerprint density at radius 2 is 1.94 bits per heavy atom. The fourth-order valence-electron chi connectivity index (χ4n) is 1.18. The zero-order chi connectivity index (χ0) is 12.7. The van der Waals surface area contributed by atoms with E-state index in [1.165, 1.54) is 0 Å². The summed E-state index contributed by atoms with van der Waals surface area (Å²) >= 11 is 0. The molecule has 0 spiro atoms. The molecule has 0 atom stereocenters. The molecule has 4 nitrogen and oxygen atoms in total. The van der Waals surface area contributed by atoms with Crippen molar-refractivity contribution in [3.8, 4) is 0 Å². The minimum absolute atomic E-state index is 0.195. The van der Waals surface area contributed by atoms with Crippen LogP contribution in [0.2, 0.25) is 0 Å². The average Bonchev–Trinajstić information content (AvgIpc) is 2.35. The zero-order valence-electron chi connectivity index (χ0n) is 10.8. The number of benzene rings is 1. The van der Waals surface area contributed by atoms with Gasteiger partial charge >= 0.3 is 0 Å². The van der Waals surface area contributed by atoms with Gasteiger partial charge in [0.05, 0.1) is 0 Å². The quantitative estimate of drug-likeness (QED) is 0.324. The van der Waals surface area contributed by atoms with Crippen LogP contribution in [0.15, 0.2) is 35.3 Å². The van der Waals surface area contributed by atoms with Crippen molar-refractivity contribution in [3.63, 3.8) is 0 Å². The summed E-state index contributed by atoms with van der Waals surface area (Å²) in [5, 5.41) is 3.14. The number of hydrogen-bond donors (Lipinski definition) is 3. The lowest BCUT2D eigenvalue weighted by atomic mass is 9.91. The lowest BCUT2D eigenvalue weighted by Gasteiger charge is -2.20. The van der Waals surface area contributed by atoms with Crippen molar-refractivity contribution >= 4 is 11.6 Å². The van der Waals surface area contributed by atoms with Crippen molar-refractivity contribution in [2.24, 2.45) is 16.3 Å². The Labute approximate surface area is 103 Å². The van der Waals surface area contributed by atoms with Crippen LogP contribution < -0.4 is 16.6 Å². The molecule has 0 bridgehead atoms. The third-order valence-electron chi connectivity index (χ3n) is 2.80. The summed E-state index contributed by atoms with van der Waals surface area (Å²) in [4.78, 5) is 4.45. The Morgan fingerprint density at radius 3 is 2.47 bits per heavy atom. The van der Waals surface area contributed by atoms with Crippen LogP contribution in [0.1, 0.15) is 27.2 Å². The van der Waals surface area contributed by atoms with Crippen LogP contribution in [0, 0.1) is 5.41 Å². The normalized spacial score (nSPS) is 12.4. The van der Waals surface area contributed by atoms with Crippen molar-refractivity contribution in [1.82, 2.24) is 5.43 Å². The molecular weight excluding hydrogens is 212 g/mol. The summed E-state index contributed by atoms with van der Waals surface area (Å²) in [6, 6.07) is 9.84. The van der Waals surface area contributed by atoms with Crippen LogP contribution in [0.4, 0.5) is 5.69 Å². The topological polar surface area (TPSA) is 62.4 Å². The van der Waals surface area contributed by atoms with E-state index < -0.39 is 0 Å². The van der Waals surface area contributed by atoms with Gasteiger partial charge in [0.25, 0.3) is 0 Å². The van der Waals surface area contributed by atoms with E-state index in [4.69, 9.17) is 5.84 Å². The second-order valence-corrected chi connectivity index (χ2v) is 4.82. The van der Waals surface area contributed by atoms with E-state index in [-0.39, 0.29) is 5.41 Å². The molecule has 0 fully saturated rings. The molecule has 0 aliphatic heterocycles. The predicted octanol–water partition coefficient (Wildman–Crippen LogP) is 2.35. The summed E-state index contributed by atoms with van der Waals surface area (Å²) in [5.74, 6) is 6.04. The molecule has 0 aliphatic rings. The highest BCUT2D eigenvalue weighted by molar-refractivity contribution is 5.93. The predicted molar refractivity (Wildman–Crippen MR) is 73.8 cm³/mol. The molecule has 17 heavy (non-hydrogen) atoms. The summed E-state index contributed by atoms with van der Waals surface area (Å²) in [6.45, 7) is 7.28. The number of aliphatic imine (C=N–C) groups is 1. The second kappa shape index (κ2) is 6.25. The molecule has 0 unspecified atom stereocenters. The first-order valence-corrected chi connectivity index (χ1v) is 5.90. The smallest absolute Gasteiger partial charge is 0.210 e. The summed E-state index contributed by atoms with van der Waals surface area (Å²) in [7, 11) is 0. The number of anilines is 1. The Balaban J connectivity index is 2.63. The first kappa shape index (κ1) is 13.5. The Morgan fingerprint density at radius 1 is 1.29 bits per heavy atom. The Kier molecular flexibility index (Phi) is 4.97.